The number of hydrogen-bond donors (Lipinski definition) is 0. The lowest BCUT2D eigenvalue weighted by molar-refractivity contribution is 0.419. The van der Waals surface area contributed by atoms with Crippen LogP contribution in [-0.2, 0) is 0 Å². The van der Waals surface area contributed by atoms with E-state index in [-0.39, 0.29) is 0 Å². The molecule has 0 heteroatoms. The third-order valence-electron chi connectivity index (χ3n) is 3.09. The summed E-state index contributed by atoms with van der Waals surface area (Å²) in [6.45, 7) is 4.52. The zero-order chi connectivity index (χ0) is 11.4. The summed E-state index contributed by atoms with van der Waals surface area (Å²) in [6.07, 6.45) is 18.7. The van der Waals surface area contributed by atoms with E-state index in [1.807, 2.05) is 0 Å². The monoisotopic (exact) mass is 208 g/mol. The highest BCUT2D eigenvalue weighted by Crippen LogP contribution is 2.20. The molecular formula is C15H28. The normalized spacial score (nSPS) is 12.3. The Labute approximate surface area is 96.8 Å². The van der Waals surface area contributed by atoms with Crippen LogP contribution in [0.4, 0.5) is 0 Å². The Kier molecular flexibility index (Phi) is 11.3. The van der Waals surface area contributed by atoms with Gasteiger partial charge >= 0.3 is 0 Å². The Morgan fingerprint density at radius 1 is 0.867 bits per heavy atom. The van der Waals surface area contributed by atoms with E-state index in [9.17, 15) is 0 Å². The molecule has 0 aliphatic rings. The van der Waals surface area contributed by atoms with Gasteiger partial charge in [0.05, 0.1) is 0 Å². The maximum atomic E-state index is 5.40. The summed E-state index contributed by atoms with van der Waals surface area (Å²) in [7, 11) is 0. The number of rotatable bonds is 10. The van der Waals surface area contributed by atoms with E-state index in [4.69, 9.17) is 6.42 Å². The van der Waals surface area contributed by atoms with Gasteiger partial charge in [-0.25, -0.2) is 0 Å². The topological polar surface area (TPSA) is 0 Å². The predicted molar refractivity (Wildman–Crippen MR) is 69.8 cm³/mol. The molecule has 88 valence electrons. The minimum absolute atomic E-state index is 0.802. The Morgan fingerprint density at radius 3 is 2.07 bits per heavy atom. The smallest absolute Gasteiger partial charge is 0.0114 e. The van der Waals surface area contributed by atoms with Crippen molar-refractivity contribution in [3.8, 4) is 12.3 Å². The van der Waals surface area contributed by atoms with Crippen LogP contribution in [0.2, 0.25) is 0 Å². The maximum absolute atomic E-state index is 5.40. The molecule has 15 heavy (non-hydrogen) atoms. The number of hydrogen-bond acceptors (Lipinski definition) is 0. The first-order chi connectivity index (χ1) is 7.35. The van der Waals surface area contributed by atoms with Gasteiger partial charge in [-0.05, 0) is 18.8 Å². The Balaban J connectivity index is 3.44. The van der Waals surface area contributed by atoms with E-state index >= 15 is 0 Å². The molecule has 0 saturated heterocycles. The van der Waals surface area contributed by atoms with Crippen LogP contribution in [-0.4, -0.2) is 0 Å². The van der Waals surface area contributed by atoms with Crippen LogP contribution >= 0.6 is 0 Å². The van der Waals surface area contributed by atoms with Crippen LogP contribution < -0.4 is 0 Å². The van der Waals surface area contributed by atoms with Crippen LogP contribution in [0.1, 0.15) is 78.1 Å². The maximum Gasteiger partial charge on any atom is 0.0114 e. The molecule has 0 aromatic rings. The summed E-state index contributed by atoms with van der Waals surface area (Å²) in [6, 6.07) is 0. The molecule has 0 aromatic carbocycles. The molecule has 0 radical (unpaired) electrons. The predicted octanol–water partition coefficient (Wildman–Crippen LogP) is 5.18. The highest BCUT2D eigenvalue weighted by atomic mass is 14.1. The van der Waals surface area contributed by atoms with E-state index in [0.29, 0.717) is 0 Å². The summed E-state index contributed by atoms with van der Waals surface area (Å²) >= 11 is 0. The van der Waals surface area contributed by atoms with Crippen molar-refractivity contribution in [1.82, 2.24) is 0 Å². The van der Waals surface area contributed by atoms with Gasteiger partial charge in [-0.15, -0.1) is 12.3 Å². The lowest BCUT2D eigenvalue weighted by Crippen LogP contribution is -1.99. The fourth-order valence-electron chi connectivity index (χ4n) is 2.04. The van der Waals surface area contributed by atoms with Crippen LogP contribution in [0, 0.1) is 18.3 Å². The SMILES string of the molecule is C#CCC(CCCC)CCCCCCC. The molecule has 0 N–H and O–H groups in total. The molecule has 0 spiro atoms. The van der Waals surface area contributed by atoms with Crippen LogP contribution in [0.3, 0.4) is 0 Å². The van der Waals surface area contributed by atoms with Gasteiger partial charge in [0.25, 0.3) is 0 Å². The van der Waals surface area contributed by atoms with E-state index in [2.05, 4.69) is 19.8 Å². The van der Waals surface area contributed by atoms with Gasteiger partial charge in [-0.1, -0.05) is 58.8 Å². The molecule has 0 bridgehead atoms. The molecule has 0 rings (SSSR count). The van der Waals surface area contributed by atoms with Crippen molar-refractivity contribution in [3.05, 3.63) is 0 Å². The number of unbranched alkanes of at least 4 members (excludes halogenated alkanes) is 5. The molecule has 1 atom stereocenters. The molecule has 0 fully saturated rings. The fraction of sp³-hybridized carbons (Fsp3) is 0.867. The van der Waals surface area contributed by atoms with Gasteiger partial charge in [-0.2, -0.15) is 0 Å². The molecule has 0 saturated carbocycles. The third kappa shape index (κ3) is 9.85. The molecular weight excluding hydrogens is 180 g/mol. The molecule has 0 amide bonds. The van der Waals surface area contributed by atoms with Gasteiger partial charge in [0, 0.05) is 6.42 Å². The van der Waals surface area contributed by atoms with Crippen molar-refractivity contribution in [2.45, 2.75) is 78.1 Å². The second-order valence-electron chi connectivity index (χ2n) is 4.62. The Bertz CT molecular complexity index is 152. The van der Waals surface area contributed by atoms with E-state index in [0.717, 1.165) is 12.3 Å². The van der Waals surface area contributed by atoms with Crippen molar-refractivity contribution < 1.29 is 0 Å². The summed E-state index contributed by atoms with van der Waals surface area (Å²) < 4.78 is 0. The van der Waals surface area contributed by atoms with Crippen molar-refractivity contribution in [1.29, 1.82) is 0 Å². The van der Waals surface area contributed by atoms with Crippen molar-refractivity contribution >= 4 is 0 Å². The zero-order valence-electron chi connectivity index (χ0n) is 10.7. The first-order valence-electron chi connectivity index (χ1n) is 6.78. The molecule has 0 nitrogen and oxygen atoms in total. The first kappa shape index (κ1) is 14.6. The average molecular weight is 208 g/mol. The van der Waals surface area contributed by atoms with E-state index in [1.54, 1.807) is 0 Å². The largest absolute Gasteiger partial charge is 0.120 e. The molecule has 0 aromatic heterocycles. The second kappa shape index (κ2) is 11.6. The minimum atomic E-state index is 0.802. The minimum Gasteiger partial charge on any atom is -0.120 e. The highest BCUT2D eigenvalue weighted by Gasteiger charge is 2.06. The van der Waals surface area contributed by atoms with Crippen molar-refractivity contribution in [2.24, 2.45) is 5.92 Å². The summed E-state index contributed by atoms with van der Waals surface area (Å²) in [4.78, 5) is 0. The van der Waals surface area contributed by atoms with E-state index < -0.39 is 0 Å². The van der Waals surface area contributed by atoms with Crippen molar-refractivity contribution in [3.63, 3.8) is 0 Å². The molecule has 0 aliphatic heterocycles. The first-order valence-corrected chi connectivity index (χ1v) is 6.78. The van der Waals surface area contributed by atoms with Gasteiger partial charge in [0.1, 0.15) is 0 Å². The molecule has 0 heterocycles. The summed E-state index contributed by atoms with van der Waals surface area (Å²) in [5.74, 6) is 3.63. The van der Waals surface area contributed by atoms with Gasteiger partial charge < -0.3 is 0 Å². The Hall–Kier alpha value is -0.440. The highest BCUT2D eigenvalue weighted by molar-refractivity contribution is 4.86. The van der Waals surface area contributed by atoms with Gasteiger partial charge in [0.2, 0.25) is 0 Å². The van der Waals surface area contributed by atoms with Gasteiger partial charge in [0.15, 0.2) is 0 Å². The fourth-order valence-corrected chi connectivity index (χ4v) is 2.04. The van der Waals surface area contributed by atoms with E-state index in [1.165, 1.54) is 57.8 Å². The number of terminal acetylenes is 1. The molecule has 1 unspecified atom stereocenters. The standard InChI is InChI=1S/C15H28/c1-4-7-9-10-11-14-15(12-6-3)13-8-5-2/h3,15H,4-5,7-14H2,1-2H3. The average Bonchev–Trinajstić information content (AvgIpc) is 2.25. The molecule has 0 aliphatic carbocycles. The Morgan fingerprint density at radius 2 is 1.47 bits per heavy atom. The summed E-state index contributed by atoms with van der Waals surface area (Å²) in [5.41, 5.74) is 0. The van der Waals surface area contributed by atoms with Crippen LogP contribution in [0.15, 0.2) is 0 Å². The van der Waals surface area contributed by atoms with Crippen LogP contribution in [0.25, 0.3) is 0 Å². The van der Waals surface area contributed by atoms with Crippen molar-refractivity contribution in [2.75, 3.05) is 0 Å². The van der Waals surface area contributed by atoms with Crippen LogP contribution in [0.5, 0.6) is 0 Å². The third-order valence-corrected chi connectivity index (χ3v) is 3.09. The zero-order valence-corrected chi connectivity index (χ0v) is 10.7. The quantitative estimate of drug-likeness (QED) is 0.343. The van der Waals surface area contributed by atoms with Gasteiger partial charge in [-0.3, -0.25) is 0 Å². The lowest BCUT2D eigenvalue weighted by Gasteiger charge is -2.13. The summed E-state index contributed by atoms with van der Waals surface area (Å²) in [5, 5.41) is 0. The second-order valence-corrected chi connectivity index (χ2v) is 4.62. The lowest BCUT2D eigenvalue weighted by atomic mass is 9.92.